The van der Waals surface area contributed by atoms with Crippen molar-refractivity contribution in [3.8, 4) is 34.7 Å². The summed E-state index contributed by atoms with van der Waals surface area (Å²) in [4.78, 5) is 0. The lowest BCUT2D eigenvalue weighted by Crippen LogP contribution is -2.21. The highest BCUT2D eigenvalue weighted by atomic mass is 16.5. The molecule has 0 bridgehead atoms. The lowest BCUT2D eigenvalue weighted by Gasteiger charge is -2.24. The maximum Gasteiger partial charge on any atom is 0.244 e. The Hall–Kier alpha value is -3.92. The van der Waals surface area contributed by atoms with Gasteiger partial charge in [0.15, 0.2) is 0 Å². The topological polar surface area (TPSA) is 106 Å². The van der Waals surface area contributed by atoms with Crippen molar-refractivity contribution in [1.82, 2.24) is 10.2 Å². The van der Waals surface area contributed by atoms with Crippen LogP contribution in [0.15, 0.2) is 60.0 Å². The van der Waals surface area contributed by atoms with Gasteiger partial charge in [0.1, 0.15) is 23.1 Å². The van der Waals surface area contributed by atoms with Crippen LogP contribution < -0.4 is 19.9 Å². The van der Waals surface area contributed by atoms with E-state index in [1.54, 1.807) is 7.11 Å². The second-order valence-corrected chi connectivity index (χ2v) is 8.07. The summed E-state index contributed by atoms with van der Waals surface area (Å²) >= 11 is 0. The number of benzene rings is 2. The Balaban J connectivity index is 1.59. The molecule has 0 amide bonds. The lowest BCUT2D eigenvalue weighted by molar-refractivity contribution is 0.210. The van der Waals surface area contributed by atoms with E-state index in [1.165, 1.54) is 12.8 Å². The van der Waals surface area contributed by atoms with Crippen molar-refractivity contribution in [2.75, 3.05) is 7.11 Å². The molecule has 0 unspecified atom stereocenters. The minimum absolute atomic E-state index is 0.0693. The molecule has 1 saturated carbocycles. The average Bonchev–Trinajstić information content (AvgIpc) is 3.48. The number of nitriles is 1. The van der Waals surface area contributed by atoms with Gasteiger partial charge in [0, 0.05) is 5.56 Å². The summed E-state index contributed by atoms with van der Waals surface area (Å²) in [6.07, 6.45) is 4.80. The van der Waals surface area contributed by atoms with Gasteiger partial charge in [-0.2, -0.15) is 5.26 Å². The molecule has 1 aliphatic heterocycles. The molecule has 1 fully saturated rings. The number of nitrogens with two attached hydrogens (primary N) is 1. The highest BCUT2D eigenvalue weighted by Gasteiger charge is 2.35. The van der Waals surface area contributed by atoms with Crippen LogP contribution in [-0.4, -0.2) is 23.4 Å². The van der Waals surface area contributed by atoms with Gasteiger partial charge < -0.3 is 19.9 Å². The molecule has 0 spiro atoms. The molecule has 3 N–H and O–H groups in total. The molecular formula is C25H24N4O3. The number of hydrogen-bond acceptors (Lipinski definition) is 6. The maximum absolute atomic E-state index is 9.94. The van der Waals surface area contributed by atoms with Gasteiger partial charge in [-0.3, -0.25) is 5.10 Å². The van der Waals surface area contributed by atoms with E-state index in [0.717, 1.165) is 46.7 Å². The van der Waals surface area contributed by atoms with Gasteiger partial charge in [-0.05, 0) is 67.6 Å². The Morgan fingerprint density at radius 1 is 1.12 bits per heavy atom. The molecule has 0 saturated heterocycles. The molecule has 2 heterocycles. The van der Waals surface area contributed by atoms with E-state index in [9.17, 15) is 5.26 Å². The number of aromatic nitrogens is 2. The molecule has 1 aromatic heterocycles. The summed E-state index contributed by atoms with van der Waals surface area (Å²) in [6.45, 7) is 0. The number of hydrogen-bond donors (Lipinski definition) is 2. The number of allylic oxidation sites excluding steroid dienone is 1. The number of H-pyrrole nitrogens is 1. The summed E-state index contributed by atoms with van der Waals surface area (Å²) in [7, 11) is 1.63. The molecule has 2 aliphatic rings. The Kier molecular flexibility index (Phi) is 5.20. The third-order valence-electron chi connectivity index (χ3n) is 6.11. The molecule has 2 aromatic carbocycles. The highest BCUT2D eigenvalue weighted by molar-refractivity contribution is 5.71. The fraction of sp³-hybridized carbons (Fsp3) is 0.280. The molecule has 1 aliphatic carbocycles. The normalized spacial score (nSPS) is 18.1. The van der Waals surface area contributed by atoms with E-state index in [1.807, 2.05) is 48.5 Å². The summed E-state index contributed by atoms with van der Waals surface area (Å²) in [5.41, 5.74) is 9.83. The van der Waals surface area contributed by atoms with Crippen LogP contribution in [0.3, 0.4) is 0 Å². The minimum atomic E-state index is -0.424. The molecule has 32 heavy (non-hydrogen) atoms. The molecule has 0 radical (unpaired) electrons. The van der Waals surface area contributed by atoms with Crippen molar-refractivity contribution in [2.45, 2.75) is 37.7 Å². The zero-order chi connectivity index (χ0) is 22.1. The fourth-order valence-corrected chi connectivity index (χ4v) is 4.52. The Labute approximate surface area is 186 Å². The van der Waals surface area contributed by atoms with Crippen molar-refractivity contribution in [3.63, 3.8) is 0 Å². The predicted molar refractivity (Wildman–Crippen MR) is 119 cm³/mol. The summed E-state index contributed by atoms with van der Waals surface area (Å²) < 4.78 is 17.2. The molecule has 162 valence electrons. The van der Waals surface area contributed by atoms with Gasteiger partial charge in [-0.15, -0.1) is 5.10 Å². The van der Waals surface area contributed by atoms with E-state index in [2.05, 4.69) is 16.3 Å². The number of ether oxygens (including phenoxy) is 3. The molecule has 3 aromatic rings. The number of nitrogens with zero attached hydrogens (tertiary/aromatic N) is 2. The van der Waals surface area contributed by atoms with E-state index in [-0.39, 0.29) is 12.0 Å². The first kappa shape index (κ1) is 20.0. The number of fused-ring (bicyclic) bond motifs is 1. The van der Waals surface area contributed by atoms with E-state index in [4.69, 9.17) is 19.9 Å². The standard InChI is InChI=1S/C25H24N4O3/c1-30-17-11-9-15(10-12-17)23-22-21(20(14-26)24(27)32-25(22)29-28-23)16-5-4-8-19(13-16)31-18-6-2-3-7-18/h4-5,8-13,18,21H,2-3,6-7,27H2,1H3,(H,28,29)/t21-/m1/s1. The van der Waals surface area contributed by atoms with Crippen LogP contribution in [0.1, 0.15) is 42.7 Å². The van der Waals surface area contributed by atoms with Crippen molar-refractivity contribution in [2.24, 2.45) is 5.73 Å². The largest absolute Gasteiger partial charge is 0.497 e. The maximum atomic E-state index is 9.94. The van der Waals surface area contributed by atoms with Crippen LogP contribution in [0, 0.1) is 11.3 Å². The number of nitrogens with one attached hydrogen (secondary N) is 1. The van der Waals surface area contributed by atoms with Crippen molar-refractivity contribution in [3.05, 3.63) is 71.1 Å². The third-order valence-corrected chi connectivity index (χ3v) is 6.11. The minimum Gasteiger partial charge on any atom is -0.497 e. The van der Waals surface area contributed by atoms with E-state index >= 15 is 0 Å². The van der Waals surface area contributed by atoms with Gasteiger partial charge in [0.25, 0.3) is 0 Å². The first-order valence-electron chi connectivity index (χ1n) is 10.7. The van der Waals surface area contributed by atoms with Crippen molar-refractivity contribution >= 4 is 0 Å². The Morgan fingerprint density at radius 2 is 1.91 bits per heavy atom. The second-order valence-electron chi connectivity index (χ2n) is 8.07. The van der Waals surface area contributed by atoms with Crippen molar-refractivity contribution in [1.29, 1.82) is 5.26 Å². The number of aromatic amines is 1. The highest BCUT2D eigenvalue weighted by Crippen LogP contribution is 2.46. The Bertz CT molecular complexity index is 1200. The average molecular weight is 428 g/mol. The first-order valence-corrected chi connectivity index (χ1v) is 10.7. The van der Waals surface area contributed by atoms with E-state index < -0.39 is 5.92 Å². The smallest absolute Gasteiger partial charge is 0.244 e. The van der Waals surface area contributed by atoms with Crippen LogP contribution in [0.5, 0.6) is 17.4 Å². The number of rotatable bonds is 5. The Morgan fingerprint density at radius 3 is 2.62 bits per heavy atom. The van der Waals surface area contributed by atoms with Crippen LogP contribution >= 0.6 is 0 Å². The summed E-state index contributed by atoms with van der Waals surface area (Å²) in [6, 6.07) is 17.8. The van der Waals surface area contributed by atoms with Crippen LogP contribution in [0.25, 0.3) is 11.3 Å². The van der Waals surface area contributed by atoms with Crippen LogP contribution in [0.4, 0.5) is 0 Å². The van der Waals surface area contributed by atoms with Crippen molar-refractivity contribution < 1.29 is 14.2 Å². The van der Waals surface area contributed by atoms with Gasteiger partial charge >= 0.3 is 0 Å². The predicted octanol–water partition coefficient (Wildman–Crippen LogP) is 4.62. The first-order chi connectivity index (χ1) is 15.7. The van der Waals surface area contributed by atoms with E-state index in [0.29, 0.717) is 11.5 Å². The zero-order valence-electron chi connectivity index (χ0n) is 17.8. The van der Waals surface area contributed by atoms with Gasteiger partial charge in [0.05, 0.1) is 30.4 Å². The second kappa shape index (κ2) is 8.31. The van der Waals surface area contributed by atoms with Gasteiger partial charge in [-0.25, -0.2) is 0 Å². The molecule has 7 nitrogen and oxygen atoms in total. The monoisotopic (exact) mass is 428 g/mol. The molecule has 5 rings (SSSR count). The van der Waals surface area contributed by atoms with Crippen LogP contribution in [0.2, 0.25) is 0 Å². The van der Waals surface area contributed by atoms with Gasteiger partial charge in [0.2, 0.25) is 11.8 Å². The zero-order valence-corrected chi connectivity index (χ0v) is 17.8. The SMILES string of the molecule is COc1ccc(-c2[nH]nc3c2[C@H](c2cccc(OC4CCCC4)c2)C(C#N)=C(N)O3)cc1. The van der Waals surface area contributed by atoms with Crippen LogP contribution in [-0.2, 0) is 0 Å². The summed E-state index contributed by atoms with van der Waals surface area (Å²) in [5, 5.41) is 17.4. The molecular weight excluding hydrogens is 404 g/mol. The third kappa shape index (κ3) is 3.54. The summed E-state index contributed by atoms with van der Waals surface area (Å²) in [5.74, 6) is 1.58. The molecule has 7 heteroatoms. The quantitative estimate of drug-likeness (QED) is 0.614. The molecule has 1 atom stereocenters. The fourth-order valence-electron chi connectivity index (χ4n) is 4.52. The lowest BCUT2D eigenvalue weighted by atomic mass is 9.83. The van der Waals surface area contributed by atoms with Gasteiger partial charge in [-0.1, -0.05) is 12.1 Å². The number of methoxy groups -OCH3 is 1.